The molecule has 2 atom stereocenters. The number of thiazole rings is 1. The predicted octanol–water partition coefficient (Wildman–Crippen LogP) is 6.39. The Bertz CT molecular complexity index is 1600. The highest BCUT2D eigenvalue weighted by Gasteiger charge is 2.40. The maximum absolute atomic E-state index is 13.6. The highest BCUT2D eigenvalue weighted by molar-refractivity contribution is 7.11. The van der Waals surface area contributed by atoms with Crippen LogP contribution in [0.4, 0.5) is 5.69 Å². The van der Waals surface area contributed by atoms with Crippen LogP contribution in [0.15, 0.2) is 53.3 Å². The van der Waals surface area contributed by atoms with Gasteiger partial charge in [-0.25, -0.2) is 4.98 Å². The van der Waals surface area contributed by atoms with Crippen molar-refractivity contribution in [2.75, 3.05) is 18.5 Å². The third-order valence-electron chi connectivity index (χ3n) is 6.90. The van der Waals surface area contributed by atoms with Gasteiger partial charge >= 0.3 is 5.97 Å². The van der Waals surface area contributed by atoms with Gasteiger partial charge in [0.2, 0.25) is 5.91 Å². The Morgan fingerprint density at radius 1 is 1.22 bits per heavy atom. The zero-order valence-electron chi connectivity index (χ0n) is 22.1. The number of rotatable bonds is 10. The molecule has 4 aromatic rings. The number of carbonyl (C=O) groups excluding carboxylic acids is 2. The Hall–Kier alpha value is -3.44. The highest BCUT2D eigenvalue weighted by Crippen LogP contribution is 2.38. The Balaban J connectivity index is 1.31. The molecule has 3 heterocycles. The molecular formula is C29H27Cl2N3O6S. The summed E-state index contributed by atoms with van der Waals surface area (Å²) in [5.41, 5.74) is 1.80. The third-order valence-corrected chi connectivity index (χ3v) is 8.70. The van der Waals surface area contributed by atoms with E-state index in [-0.39, 0.29) is 40.9 Å². The second-order valence-electron chi connectivity index (χ2n) is 9.57. The number of carboxylic acid groups (broad SMARTS) is 1. The molecule has 5 rings (SSSR count). The molecule has 1 fully saturated rings. The topological polar surface area (TPSA) is 122 Å². The summed E-state index contributed by atoms with van der Waals surface area (Å²) in [4.78, 5) is 44.6. The number of carboxylic acids is 1. The van der Waals surface area contributed by atoms with Gasteiger partial charge in [0.15, 0.2) is 0 Å². The SMILES string of the molecule is CCO[C@H]1CCN(C(=O)Cc2cc(Cl)c(NC(=O)c3coc4ccccc34)cc2Cl)[C@@H]1c1ncc(CCC(=O)O)s1. The number of nitrogens with zero attached hydrogens (tertiary/aromatic N) is 2. The molecule has 1 aliphatic heterocycles. The Morgan fingerprint density at radius 2 is 2.02 bits per heavy atom. The molecule has 1 aliphatic rings. The number of halogens is 2. The highest BCUT2D eigenvalue weighted by atomic mass is 35.5. The minimum Gasteiger partial charge on any atom is -0.481 e. The summed E-state index contributed by atoms with van der Waals surface area (Å²) in [6.07, 6.45) is 3.87. The van der Waals surface area contributed by atoms with E-state index in [4.69, 9.17) is 37.5 Å². The third kappa shape index (κ3) is 6.41. The lowest BCUT2D eigenvalue weighted by molar-refractivity contribution is -0.137. The predicted molar refractivity (Wildman–Crippen MR) is 157 cm³/mol. The number of ether oxygens (including phenoxy) is 1. The number of anilines is 1. The van der Waals surface area contributed by atoms with E-state index >= 15 is 0 Å². The lowest BCUT2D eigenvalue weighted by atomic mass is 10.1. The molecule has 2 aromatic carbocycles. The first kappa shape index (κ1) is 29.1. The van der Waals surface area contributed by atoms with Crippen molar-refractivity contribution in [3.8, 4) is 0 Å². The van der Waals surface area contributed by atoms with Crippen molar-refractivity contribution in [2.45, 2.75) is 44.8 Å². The lowest BCUT2D eigenvalue weighted by Gasteiger charge is -2.27. The van der Waals surface area contributed by atoms with E-state index in [9.17, 15) is 14.4 Å². The number of likely N-dealkylation sites (tertiary alicyclic amines) is 1. The van der Waals surface area contributed by atoms with E-state index in [1.165, 1.54) is 23.7 Å². The van der Waals surface area contributed by atoms with Crippen LogP contribution in [0.2, 0.25) is 10.0 Å². The number of nitrogens with one attached hydrogen (secondary N) is 1. The van der Waals surface area contributed by atoms with E-state index in [1.807, 2.05) is 19.1 Å². The van der Waals surface area contributed by atoms with Crippen molar-refractivity contribution in [3.05, 3.63) is 79.9 Å². The van der Waals surface area contributed by atoms with Gasteiger partial charge in [0.25, 0.3) is 5.91 Å². The molecule has 0 unspecified atom stereocenters. The quantitative estimate of drug-likeness (QED) is 0.212. The number of carbonyl (C=O) groups is 3. The van der Waals surface area contributed by atoms with E-state index in [2.05, 4.69) is 10.3 Å². The molecule has 9 nitrogen and oxygen atoms in total. The summed E-state index contributed by atoms with van der Waals surface area (Å²) in [5.74, 6) is -1.44. The zero-order chi connectivity index (χ0) is 29.1. The van der Waals surface area contributed by atoms with Crippen LogP contribution in [0.25, 0.3) is 11.0 Å². The number of fused-ring (bicyclic) bond motifs is 1. The number of benzene rings is 2. The number of furan rings is 1. The fourth-order valence-electron chi connectivity index (χ4n) is 4.96. The number of para-hydroxylation sites is 1. The van der Waals surface area contributed by atoms with Crippen LogP contribution in [0, 0.1) is 0 Å². The summed E-state index contributed by atoms with van der Waals surface area (Å²) in [6, 6.07) is 9.94. The van der Waals surface area contributed by atoms with E-state index in [0.717, 1.165) is 4.88 Å². The van der Waals surface area contributed by atoms with Crippen LogP contribution in [-0.2, 0) is 27.2 Å². The summed E-state index contributed by atoms with van der Waals surface area (Å²) >= 11 is 14.5. The number of aliphatic carboxylic acids is 1. The monoisotopic (exact) mass is 615 g/mol. The van der Waals surface area contributed by atoms with E-state index in [1.54, 1.807) is 29.3 Å². The first-order valence-corrected chi connectivity index (χ1v) is 14.6. The first-order valence-electron chi connectivity index (χ1n) is 13.1. The molecule has 41 heavy (non-hydrogen) atoms. The first-order chi connectivity index (χ1) is 19.7. The number of hydrogen-bond acceptors (Lipinski definition) is 7. The maximum atomic E-state index is 13.6. The van der Waals surface area contributed by atoms with Crippen LogP contribution in [-0.4, -0.2) is 52.0 Å². The fourth-order valence-corrected chi connectivity index (χ4v) is 6.50. The van der Waals surface area contributed by atoms with Gasteiger partial charge in [-0.15, -0.1) is 11.3 Å². The van der Waals surface area contributed by atoms with Crippen molar-refractivity contribution < 1.29 is 28.6 Å². The van der Waals surface area contributed by atoms with Gasteiger partial charge in [0.05, 0.1) is 35.2 Å². The molecule has 214 valence electrons. The molecule has 0 saturated carbocycles. The normalized spacial score (nSPS) is 16.8. The summed E-state index contributed by atoms with van der Waals surface area (Å²) in [6.45, 7) is 2.87. The smallest absolute Gasteiger partial charge is 0.303 e. The molecule has 2 N–H and O–H groups in total. The number of aromatic nitrogens is 1. The minimum atomic E-state index is -0.874. The van der Waals surface area contributed by atoms with Crippen molar-refractivity contribution in [1.29, 1.82) is 0 Å². The van der Waals surface area contributed by atoms with Crippen LogP contribution < -0.4 is 5.32 Å². The summed E-state index contributed by atoms with van der Waals surface area (Å²) in [7, 11) is 0. The fraction of sp³-hybridized carbons (Fsp3) is 0.310. The van der Waals surface area contributed by atoms with Gasteiger partial charge in [-0.1, -0.05) is 41.4 Å². The van der Waals surface area contributed by atoms with Crippen LogP contribution in [0.5, 0.6) is 0 Å². The Kier molecular flexibility index (Phi) is 8.94. The molecule has 2 aromatic heterocycles. The average Bonchev–Trinajstić information content (AvgIpc) is 3.68. The second kappa shape index (κ2) is 12.6. The van der Waals surface area contributed by atoms with Crippen molar-refractivity contribution in [2.24, 2.45) is 0 Å². The van der Waals surface area contributed by atoms with Crippen LogP contribution in [0.3, 0.4) is 0 Å². The van der Waals surface area contributed by atoms with Crippen LogP contribution >= 0.6 is 34.5 Å². The van der Waals surface area contributed by atoms with Gasteiger partial charge in [0.1, 0.15) is 22.9 Å². The molecule has 0 spiro atoms. The van der Waals surface area contributed by atoms with Gasteiger partial charge in [-0.3, -0.25) is 14.4 Å². The number of hydrogen-bond donors (Lipinski definition) is 2. The van der Waals surface area contributed by atoms with Gasteiger partial charge in [0, 0.05) is 34.6 Å². The molecular weight excluding hydrogens is 589 g/mol. The van der Waals surface area contributed by atoms with Crippen molar-refractivity contribution >= 4 is 69.0 Å². The summed E-state index contributed by atoms with van der Waals surface area (Å²) < 4.78 is 11.4. The largest absolute Gasteiger partial charge is 0.481 e. The van der Waals surface area contributed by atoms with Crippen molar-refractivity contribution in [1.82, 2.24) is 9.88 Å². The molecule has 0 radical (unpaired) electrons. The Labute approximate surface area is 250 Å². The zero-order valence-corrected chi connectivity index (χ0v) is 24.4. The summed E-state index contributed by atoms with van der Waals surface area (Å²) in [5, 5.41) is 13.7. The molecule has 0 bridgehead atoms. The Morgan fingerprint density at radius 3 is 2.80 bits per heavy atom. The molecule has 12 heteroatoms. The second-order valence-corrected chi connectivity index (χ2v) is 11.5. The van der Waals surface area contributed by atoms with E-state index in [0.29, 0.717) is 58.8 Å². The lowest BCUT2D eigenvalue weighted by Crippen LogP contribution is -2.35. The van der Waals surface area contributed by atoms with Crippen molar-refractivity contribution in [3.63, 3.8) is 0 Å². The van der Waals surface area contributed by atoms with Gasteiger partial charge < -0.3 is 24.5 Å². The molecule has 1 saturated heterocycles. The van der Waals surface area contributed by atoms with Crippen LogP contribution in [0.1, 0.15) is 51.6 Å². The number of aryl methyl sites for hydroxylation is 1. The maximum Gasteiger partial charge on any atom is 0.303 e. The minimum absolute atomic E-state index is 0.00819. The average molecular weight is 617 g/mol. The molecule has 2 amide bonds. The van der Waals surface area contributed by atoms with Gasteiger partial charge in [-0.05, 0) is 43.5 Å². The number of amides is 2. The molecule has 0 aliphatic carbocycles. The van der Waals surface area contributed by atoms with Gasteiger partial charge in [-0.2, -0.15) is 0 Å². The standard InChI is InChI=1S/C29H27Cl2N3O6S/c1-2-39-24-9-10-34(27(24)29-32-14-17(41-29)7-8-26(36)37)25(35)12-16-11-21(31)22(13-20(16)30)33-28(38)19-15-40-23-6-4-3-5-18(19)23/h3-6,11,13-15,24,27H,2,7-10,12H2,1H3,(H,33,38)(H,36,37)/t24-,27-/m0/s1. The van der Waals surface area contributed by atoms with E-state index < -0.39 is 11.9 Å².